The summed E-state index contributed by atoms with van der Waals surface area (Å²) in [5.41, 5.74) is 3.33. The zero-order chi connectivity index (χ0) is 19.1. The van der Waals surface area contributed by atoms with E-state index in [-0.39, 0.29) is 12.1 Å². The second-order valence-corrected chi connectivity index (χ2v) is 7.29. The number of nitrogens with zero attached hydrogens (tertiary/aromatic N) is 1. The van der Waals surface area contributed by atoms with E-state index in [0.29, 0.717) is 10.6 Å². The fourth-order valence-corrected chi connectivity index (χ4v) is 3.85. The van der Waals surface area contributed by atoms with Gasteiger partial charge in [0.05, 0.1) is 5.56 Å². The molecule has 136 valence electrons. The summed E-state index contributed by atoms with van der Waals surface area (Å²) in [7, 11) is 0. The van der Waals surface area contributed by atoms with Crippen LogP contribution in [0.25, 0.3) is 10.8 Å². The number of para-hydroxylation sites is 1. The molecule has 1 amide bonds. The molecule has 4 aromatic carbocycles. The number of anilines is 2. The van der Waals surface area contributed by atoms with Crippen molar-refractivity contribution in [3.8, 4) is 0 Å². The molecule has 0 aromatic heterocycles. The van der Waals surface area contributed by atoms with Crippen molar-refractivity contribution in [2.24, 2.45) is 0 Å². The Morgan fingerprint density at radius 1 is 0.786 bits per heavy atom. The molecule has 1 unspecified atom stereocenters. The van der Waals surface area contributed by atoms with Crippen molar-refractivity contribution in [2.75, 3.05) is 10.2 Å². The lowest BCUT2D eigenvalue weighted by Gasteiger charge is -2.38. The maximum Gasteiger partial charge on any atom is 0.262 e. The molecule has 4 aromatic rings. The van der Waals surface area contributed by atoms with Gasteiger partial charge in [-0.05, 0) is 52.7 Å². The topological polar surface area (TPSA) is 32.3 Å². The van der Waals surface area contributed by atoms with Gasteiger partial charge in [-0.2, -0.15) is 0 Å². The van der Waals surface area contributed by atoms with Gasteiger partial charge in [-0.15, -0.1) is 0 Å². The van der Waals surface area contributed by atoms with E-state index in [0.717, 1.165) is 27.7 Å². The third kappa shape index (κ3) is 2.81. The molecule has 1 N–H and O–H groups in total. The molecular weight excluding hydrogens is 368 g/mol. The molecule has 0 radical (unpaired) electrons. The van der Waals surface area contributed by atoms with E-state index in [9.17, 15) is 4.79 Å². The highest BCUT2D eigenvalue weighted by Crippen LogP contribution is 2.37. The highest BCUT2D eigenvalue weighted by molar-refractivity contribution is 6.30. The number of rotatable bonds is 2. The Bertz CT molecular complexity index is 1190. The molecule has 0 aliphatic carbocycles. The summed E-state index contributed by atoms with van der Waals surface area (Å²) in [4.78, 5) is 15.3. The van der Waals surface area contributed by atoms with Gasteiger partial charge in [0.2, 0.25) is 0 Å². The Labute approximate surface area is 168 Å². The van der Waals surface area contributed by atoms with E-state index >= 15 is 0 Å². The summed E-state index contributed by atoms with van der Waals surface area (Å²) in [6, 6.07) is 29.5. The van der Waals surface area contributed by atoms with Crippen LogP contribution in [0.4, 0.5) is 11.4 Å². The summed E-state index contributed by atoms with van der Waals surface area (Å²) in [6.07, 6.45) is -0.319. The molecular formula is C24H17ClN2O. The highest BCUT2D eigenvalue weighted by Gasteiger charge is 2.34. The summed E-state index contributed by atoms with van der Waals surface area (Å²) in [6.45, 7) is 0. The average Bonchev–Trinajstić information content (AvgIpc) is 2.74. The third-order valence-electron chi connectivity index (χ3n) is 5.12. The minimum Gasteiger partial charge on any atom is -0.360 e. The van der Waals surface area contributed by atoms with E-state index in [4.69, 9.17) is 11.6 Å². The van der Waals surface area contributed by atoms with Crippen LogP contribution >= 0.6 is 11.6 Å². The predicted molar refractivity (Wildman–Crippen MR) is 115 cm³/mol. The summed E-state index contributed by atoms with van der Waals surface area (Å²) < 4.78 is 0. The molecule has 0 saturated carbocycles. The minimum atomic E-state index is -0.319. The van der Waals surface area contributed by atoms with Gasteiger partial charge in [-0.3, -0.25) is 9.69 Å². The molecule has 4 heteroatoms. The van der Waals surface area contributed by atoms with Crippen LogP contribution < -0.4 is 10.2 Å². The van der Waals surface area contributed by atoms with Crippen LogP contribution in [-0.4, -0.2) is 5.91 Å². The van der Waals surface area contributed by atoms with Gasteiger partial charge in [-0.25, -0.2) is 0 Å². The Balaban J connectivity index is 1.68. The maximum absolute atomic E-state index is 13.5. The van der Waals surface area contributed by atoms with Crippen LogP contribution in [0, 0.1) is 0 Å². The largest absolute Gasteiger partial charge is 0.360 e. The first-order valence-corrected chi connectivity index (χ1v) is 9.52. The zero-order valence-corrected chi connectivity index (χ0v) is 15.7. The van der Waals surface area contributed by atoms with Crippen molar-refractivity contribution in [2.45, 2.75) is 6.17 Å². The fourth-order valence-electron chi connectivity index (χ4n) is 3.72. The van der Waals surface area contributed by atoms with Crippen LogP contribution in [0.2, 0.25) is 5.02 Å². The van der Waals surface area contributed by atoms with Gasteiger partial charge < -0.3 is 5.32 Å². The van der Waals surface area contributed by atoms with E-state index < -0.39 is 0 Å². The average molecular weight is 385 g/mol. The molecule has 0 saturated heterocycles. The Morgan fingerprint density at radius 3 is 2.32 bits per heavy atom. The SMILES string of the molecule is O=C1c2ccccc2NC(c2ccc(Cl)cc2)N1c1ccc2ccccc2c1. The predicted octanol–water partition coefficient (Wildman–Crippen LogP) is 6.26. The number of nitrogens with one attached hydrogen (secondary N) is 1. The molecule has 3 nitrogen and oxygen atoms in total. The number of carbonyl (C=O) groups is 1. The van der Waals surface area contributed by atoms with Gasteiger partial charge >= 0.3 is 0 Å². The first-order valence-electron chi connectivity index (χ1n) is 9.14. The van der Waals surface area contributed by atoms with Gasteiger partial charge in [0.25, 0.3) is 5.91 Å². The maximum atomic E-state index is 13.5. The van der Waals surface area contributed by atoms with Gasteiger partial charge in [-0.1, -0.05) is 66.2 Å². The van der Waals surface area contributed by atoms with E-state index in [1.807, 2.05) is 71.6 Å². The number of carbonyl (C=O) groups excluding carboxylic acids is 1. The number of halogens is 1. The Kier molecular flexibility index (Phi) is 4.03. The first kappa shape index (κ1) is 16.8. The van der Waals surface area contributed by atoms with Crippen molar-refractivity contribution in [3.05, 3.63) is 107 Å². The standard InChI is InChI=1S/C24H17ClN2O/c25-19-12-9-17(10-13-19)23-26-22-8-4-3-7-21(22)24(28)27(23)20-14-11-16-5-1-2-6-18(16)15-20/h1-15,23,26H. The van der Waals surface area contributed by atoms with Crippen molar-refractivity contribution in [3.63, 3.8) is 0 Å². The first-order chi connectivity index (χ1) is 13.7. The number of fused-ring (bicyclic) bond motifs is 2. The van der Waals surface area contributed by atoms with Crippen LogP contribution in [0.3, 0.4) is 0 Å². The number of amides is 1. The molecule has 28 heavy (non-hydrogen) atoms. The lowest BCUT2D eigenvalue weighted by Crippen LogP contribution is -2.43. The smallest absolute Gasteiger partial charge is 0.262 e. The number of benzene rings is 4. The second kappa shape index (κ2) is 6.70. The molecule has 0 fully saturated rings. The monoisotopic (exact) mass is 384 g/mol. The van der Waals surface area contributed by atoms with Crippen LogP contribution in [0.5, 0.6) is 0 Å². The van der Waals surface area contributed by atoms with Gasteiger partial charge in [0.15, 0.2) is 0 Å². The van der Waals surface area contributed by atoms with Crippen LogP contribution in [-0.2, 0) is 0 Å². The van der Waals surface area contributed by atoms with Crippen LogP contribution in [0.15, 0.2) is 91.0 Å². The third-order valence-corrected chi connectivity index (χ3v) is 5.38. The second-order valence-electron chi connectivity index (χ2n) is 6.85. The van der Waals surface area contributed by atoms with Crippen molar-refractivity contribution in [1.82, 2.24) is 0 Å². The fraction of sp³-hybridized carbons (Fsp3) is 0.0417. The normalized spacial score (nSPS) is 16.0. The summed E-state index contributed by atoms with van der Waals surface area (Å²) in [5.74, 6) is -0.0235. The number of hydrogen-bond donors (Lipinski definition) is 1. The zero-order valence-electron chi connectivity index (χ0n) is 15.0. The molecule has 0 bridgehead atoms. The van der Waals surface area contributed by atoms with Crippen LogP contribution in [0.1, 0.15) is 22.1 Å². The van der Waals surface area contributed by atoms with E-state index in [2.05, 4.69) is 29.6 Å². The van der Waals surface area contributed by atoms with E-state index in [1.54, 1.807) is 0 Å². The van der Waals surface area contributed by atoms with Crippen molar-refractivity contribution in [1.29, 1.82) is 0 Å². The molecule has 1 aliphatic rings. The van der Waals surface area contributed by atoms with Crippen molar-refractivity contribution < 1.29 is 4.79 Å². The Morgan fingerprint density at radius 2 is 1.50 bits per heavy atom. The Hall–Kier alpha value is -3.30. The molecule has 1 atom stereocenters. The molecule has 1 aliphatic heterocycles. The molecule has 1 heterocycles. The van der Waals surface area contributed by atoms with E-state index in [1.165, 1.54) is 0 Å². The lowest BCUT2D eigenvalue weighted by atomic mass is 10.0. The summed E-state index contributed by atoms with van der Waals surface area (Å²) in [5, 5.41) is 6.44. The van der Waals surface area contributed by atoms with Crippen molar-refractivity contribution >= 4 is 39.7 Å². The van der Waals surface area contributed by atoms with Gasteiger partial charge in [0, 0.05) is 16.4 Å². The molecule has 5 rings (SSSR count). The quantitative estimate of drug-likeness (QED) is 0.442. The van der Waals surface area contributed by atoms with Gasteiger partial charge in [0.1, 0.15) is 6.17 Å². The summed E-state index contributed by atoms with van der Waals surface area (Å²) >= 11 is 6.08. The highest BCUT2D eigenvalue weighted by atomic mass is 35.5. The lowest BCUT2D eigenvalue weighted by molar-refractivity contribution is 0.0975. The number of hydrogen-bond acceptors (Lipinski definition) is 2. The molecule has 0 spiro atoms. The minimum absolute atomic E-state index is 0.0235.